The Labute approximate surface area is 135 Å². The van der Waals surface area contributed by atoms with Crippen molar-refractivity contribution in [2.45, 2.75) is 6.54 Å². The quantitative estimate of drug-likeness (QED) is 0.786. The predicted molar refractivity (Wildman–Crippen MR) is 91.2 cm³/mol. The van der Waals surface area contributed by atoms with Gasteiger partial charge in [-0.2, -0.15) is 5.10 Å². The molecule has 0 aliphatic rings. The van der Waals surface area contributed by atoms with E-state index in [-0.39, 0.29) is 0 Å². The van der Waals surface area contributed by atoms with Crippen molar-refractivity contribution in [3.8, 4) is 28.5 Å². The average Bonchev–Trinajstić information content (AvgIpc) is 3.04. The first-order valence-corrected chi connectivity index (χ1v) is 7.46. The molecule has 0 fully saturated rings. The van der Waals surface area contributed by atoms with Gasteiger partial charge in [-0.1, -0.05) is 18.2 Å². The minimum absolute atomic E-state index is 0.705. The summed E-state index contributed by atoms with van der Waals surface area (Å²) in [7, 11) is 5.77. The SMILES string of the molecule is COc1ccc(-c2nc(-c3cccc(CN(C)C)c3)n[nH]2)cc1. The molecule has 0 aliphatic carbocycles. The molecule has 0 saturated carbocycles. The molecule has 0 radical (unpaired) electrons. The molecule has 2 aromatic carbocycles. The zero-order valence-electron chi connectivity index (χ0n) is 13.6. The molecule has 1 N–H and O–H groups in total. The number of rotatable bonds is 5. The second-order valence-electron chi connectivity index (χ2n) is 5.67. The molecule has 118 valence electrons. The number of benzene rings is 2. The van der Waals surface area contributed by atoms with Crippen LogP contribution >= 0.6 is 0 Å². The van der Waals surface area contributed by atoms with E-state index in [1.165, 1.54) is 5.56 Å². The van der Waals surface area contributed by atoms with Gasteiger partial charge in [0.2, 0.25) is 0 Å². The van der Waals surface area contributed by atoms with Crippen LogP contribution in [0.3, 0.4) is 0 Å². The summed E-state index contributed by atoms with van der Waals surface area (Å²) in [6, 6.07) is 16.1. The molecular weight excluding hydrogens is 288 g/mol. The number of hydrogen-bond acceptors (Lipinski definition) is 4. The lowest BCUT2D eigenvalue weighted by molar-refractivity contribution is 0.402. The molecule has 3 aromatic rings. The lowest BCUT2D eigenvalue weighted by atomic mass is 10.1. The standard InChI is InChI=1S/C18H20N4O/c1-22(2)12-13-5-4-6-15(11-13)18-19-17(20-21-18)14-7-9-16(23-3)10-8-14/h4-11H,12H2,1-3H3,(H,19,20,21). The van der Waals surface area contributed by atoms with E-state index in [0.29, 0.717) is 5.82 Å². The van der Waals surface area contributed by atoms with Crippen LogP contribution in [-0.2, 0) is 6.54 Å². The first kappa shape index (κ1) is 15.2. The van der Waals surface area contributed by atoms with Crippen LogP contribution in [0, 0.1) is 0 Å². The number of H-pyrrole nitrogens is 1. The summed E-state index contributed by atoms with van der Waals surface area (Å²) < 4.78 is 5.17. The van der Waals surface area contributed by atoms with Gasteiger partial charge in [-0.05, 0) is 50.0 Å². The number of nitrogens with zero attached hydrogens (tertiary/aromatic N) is 3. The van der Waals surface area contributed by atoms with E-state index in [1.807, 2.05) is 36.4 Å². The Hall–Kier alpha value is -2.66. The Balaban J connectivity index is 1.86. The minimum atomic E-state index is 0.705. The molecule has 0 saturated heterocycles. The van der Waals surface area contributed by atoms with Crippen LogP contribution in [0.1, 0.15) is 5.56 Å². The molecule has 0 aliphatic heterocycles. The molecule has 5 nitrogen and oxygen atoms in total. The van der Waals surface area contributed by atoms with Gasteiger partial charge < -0.3 is 9.64 Å². The Bertz CT molecular complexity index is 778. The van der Waals surface area contributed by atoms with Crippen LogP contribution in [0.5, 0.6) is 5.75 Å². The minimum Gasteiger partial charge on any atom is -0.497 e. The van der Waals surface area contributed by atoms with Crippen molar-refractivity contribution < 1.29 is 4.74 Å². The molecule has 0 atom stereocenters. The van der Waals surface area contributed by atoms with Crippen molar-refractivity contribution in [1.82, 2.24) is 20.1 Å². The maximum Gasteiger partial charge on any atom is 0.181 e. The summed E-state index contributed by atoms with van der Waals surface area (Å²) in [5, 5.41) is 7.35. The highest BCUT2D eigenvalue weighted by atomic mass is 16.5. The zero-order chi connectivity index (χ0) is 16.2. The van der Waals surface area contributed by atoms with Crippen molar-refractivity contribution in [3.05, 3.63) is 54.1 Å². The third-order valence-electron chi connectivity index (χ3n) is 3.53. The van der Waals surface area contributed by atoms with Gasteiger partial charge >= 0.3 is 0 Å². The largest absolute Gasteiger partial charge is 0.497 e. The predicted octanol–water partition coefficient (Wildman–Crippen LogP) is 3.21. The third-order valence-corrected chi connectivity index (χ3v) is 3.53. The van der Waals surface area contributed by atoms with Crippen LogP contribution in [-0.4, -0.2) is 41.3 Å². The van der Waals surface area contributed by atoms with Crippen molar-refractivity contribution in [2.24, 2.45) is 0 Å². The lowest BCUT2D eigenvalue weighted by Gasteiger charge is -2.09. The third kappa shape index (κ3) is 3.57. The summed E-state index contributed by atoms with van der Waals surface area (Å²) in [4.78, 5) is 6.74. The van der Waals surface area contributed by atoms with Crippen LogP contribution in [0.4, 0.5) is 0 Å². The van der Waals surface area contributed by atoms with Crippen LogP contribution in [0.2, 0.25) is 0 Å². The Morgan fingerprint density at radius 3 is 2.52 bits per heavy atom. The van der Waals surface area contributed by atoms with Gasteiger partial charge in [-0.15, -0.1) is 0 Å². The number of methoxy groups -OCH3 is 1. The van der Waals surface area contributed by atoms with Crippen molar-refractivity contribution in [1.29, 1.82) is 0 Å². The van der Waals surface area contributed by atoms with Gasteiger partial charge in [-0.3, -0.25) is 5.10 Å². The fraction of sp³-hybridized carbons (Fsp3) is 0.222. The second-order valence-corrected chi connectivity index (χ2v) is 5.67. The summed E-state index contributed by atoms with van der Waals surface area (Å²) >= 11 is 0. The van der Waals surface area contributed by atoms with Crippen molar-refractivity contribution in [2.75, 3.05) is 21.2 Å². The maximum atomic E-state index is 5.17. The number of aromatic amines is 1. The van der Waals surface area contributed by atoms with Gasteiger partial charge in [0.15, 0.2) is 11.6 Å². The Kier molecular flexibility index (Phi) is 4.39. The number of aromatic nitrogens is 3. The monoisotopic (exact) mass is 308 g/mol. The first-order valence-electron chi connectivity index (χ1n) is 7.46. The molecule has 0 spiro atoms. The molecule has 0 bridgehead atoms. The summed E-state index contributed by atoms with van der Waals surface area (Å²) in [6.45, 7) is 0.892. The van der Waals surface area contributed by atoms with Gasteiger partial charge in [0, 0.05) is 17.7 Å². The van der Waals surface area contributed by atoms with Crippen molar-refractivity contribution >= 4 is 0 Å². The number of ether oxygens (including phenoxy) is 1. The topological polar surface area (TPSA) is 54.0 Å². The summed E-state index contributed by atoms with van der Waals surface area (Å²) in [5.74, 6) is 2.28. The molecule has 23 heavy (non-hydrogen) atoms. The molecule has 3 rings (SSSR count). The van der Waals surface area contributed by atoms with Crippen LogP contribution < -0.4 is 4.74 Å². The zero-order valence-corrected chi connectivity index (χ0v) is 13.6. The Morgan fingerprint density at radius 1 is 1.04 bits per heavy atom. The average molecular weight is 308 g/mol. The molecule has 1 aromatic heterocycles. The van der Waals surface area contributed by atoms with Gasteiger partial charge in [0.05, 0.1) is 7.11 Å². The lowest BCUT2D eigenvalue weighted by Crippen LogP contribution is -2.10. The highest BCUT2D eigenvalue weighted by molar-refractivity contribution is 5.62. The number of hydrogen-bond donors (Lipinski definition) is 1. The van der Waals surface area contributed by atoms with Gasteiger partial charge in [0.25, 0.3) is 0 Å². The van der Waals surface area contributed by atoms with E-state index >= 15 is 0 Å². The molecular formula is C18H20N4O. The fourth-order valence-electron chi connectivity index (χ4n) is 2.44. The van der Waals surface area contributed by atoms with Crippen LogP contribution in [0.15, 0.2) is 48.5 Å². The Morgan fingerprint density at radius 2 is 1.83 bits per heavy atom. The highest BCUT2D eigenvalue weighted by Gasteiger charge is 2.08. The van der Waals surface area contributed by atoms with E-state index in [0.717, 1.165) is 29.2 Å². The van der Waals surface area contributed by atoms with E-state index in [2.05, 4.69) is 46.3 Å². The van der Waals surface area contributed by atoms with E-state index in [1.54, 1.807) is 7.11 Å². The second kappa shape index (κ2) is 6.62. The highest BCUT2D eigenvalue weighted by Crippen LogP contribution is 2.22. The van der Waals surface area contributed by atoms with Gasteiger partial charge in [0.1, 0.15) is 5.75 Å². The molecule has 1 heterocycles. The summed E-state index contributed by atoms with van der Waals surface area (Å²) in [6.07, 6.45) is 0. The van der Waals surface area contributed by atoms with E-state index in [4.69, 9.17) is 4.74 Å². The smallest absolute Gasteiger partial charge is 0.181 e. The molecule has 0 unspecified atom stereocenters. The van der Waals surface area contributed by atoms with Crippen LogP contribution in [0.25, 0.3) is 22.8 Å². The van der Waals surface area contributed by atoms with Crippen molar-refractivity contribution in [3.63, 3.8) is 0 Å². The number of nitrogens with one attached hydrogen (secondary N) is 1. The van der Waals surface area contributed by atoms with E-state index in [9.17, 15) is 0 Å². The molecule has 0 amide bonds. The molecule has 5 heteroatoms. The first-order chi connectivity index (χ1) is 11.2. The van der Waals surface area contributed by atoms with Gasteiger partial charge in [-0.25, -0.2) is 4.98 Å². The summed E-state index contributed by atoms with van der Waals surface area (Å²) in [5.41, 5.74) is 3.23. The van der Waals surface area contributed by atoms with E-state index < -0.39 is 0 Å². The maximum absolute atomic E-state index is 5.17. The fourth-order valence-corrected chi connectivity index (χ4v) is 2.44. The normalized spacial score (nSPS) is 11.0.